The number of rotatable bonds is 3. The zero-order chi connectivity index (χ0) is 14.7. The summed E-state index contributed by atoms with van der Waals surface area (Å²) >= 11 is 5.99. The van der Waals surface area contributed by atoms with E-state index in [1.807, 2.05) is 30.3 Å². The van der Waals surface area contributed by atoms with Gasteiger partial charge in [0, 0.05) is 23.2 Å². The van der Waals surface area contributed by atoms with Crippen molar-refractivity contribution in [3.05, 3.63) is 70.9 Å². The SMILES string of the molecule is N#Cc1ccc(Cl)cc1NCc1ccnc2ccccc12. The summed E-state index contributed by atoms with van der Waals surface area (Å²) in [6.45, 7) is 0.609. The summed E-state index contributed by atoms with van der Waals surface area (Å²) in [4.78, 5) is 4.34. The lowest BCUT2D eigenvalue weighted by atomic mass is 10.1. The average Bonchev–Trinajstić information content (AvgIpc) is 2.53. The molecule has 0 aliphatic carbocycles. The van der Waals surface area contributed by atoms with Crippen LogP contribution < -0.4 is 5.32 Å². The van der Waals surface area contributed by atoms with Crippen molar-refractivity contribution in [2.75, 3.05) is 5.32 Å². The molecule has 4 heteroatoms. The minimum absolute atomic E-state index is 0.581. The molecule has 0 fully saturated rings. The van der Waals surface area contributed by atoms with E-state index in [4.69, 9.17) is 16.9 Å². The number of para-hydroxylation sites is 1. The maximum atomic E-state index is 9.14. The van der Waals surface area contributed by atoms with Gasteiger partial charge in [-0.15, -0.1) is 0 Å². The third-order valence-corrected chi connectivity index (χ3v) is 3.55. The molecule has 1 N–H and O–H groups in total. The van der Waals surface area contributed by atoms with Gasteiger partial charge in [-0.05, 0) is 35.9 Å². The Hall–Kier alpha value is -2.57. The lowest BCUT2D eigenvalue weighted by Crippen LogP contribution is -2.02. The van der Waals surface area contributed by atoms with Crippen LogP contribution in [0.3, 0.4) is 0 Å². The highest BCUT2D eigenvalue weighted by Gasteiger charge is 2.05. The second-order valence-electron chi connectivity index (χ2n) is 4.64. The number of pyridine rings is 1. The standard InChI is InChI=1S/C17H12ClN3/c18-14-6-5-12(10-19)17(9-14)21-11-13-7-8-20-16-4-2-1-3-15(13)16/h1-9,21H,11H2. The molecule has 3 rings (SSSR count). The fraction of sp³-hybridized carbons (Fsp3) is 0.0588. The molecule has 1 heterocycles. The predicted octanol–water partition coefficient (Wildman–Crippen LogP) is 4.37. The van der Waals surface area contributed by atoms with Crippen molar-refractivity contribution in [3.8, 4) is 6.07 Å². The smallest absolute Gasteiger partial charge is 0.101 e. The summed E-state index contributed by atoms with van der Waals surface area (Å²) in [5, 5.41) is 14.1. The molecule has 21 heavy (non-hydrogen) atoms. The van der Waals surface area contributed by atoms with Crippen LogP contribution in [-0.4, -0.2) is 4.98 Å². The van der Waals surface area contributed by atoms with Gasteiger partial charge in [0.2, 0.25) is 0 Å². The van der Waals surface area contributed by atoms with E-state index in [2.05, 4.69) is 16.4 Å². The second-order valence-corrected chi connectivity index (χ2v) is 5.08. The van der Waals surface area contributed by atoms with E-state index in [1.54, 1.807) is 24.4 Å². The molecule has 0 saturated heterocycles. The molecule has 3 nitrogen and oxygen atoms in total. The van der Waals surface area contributed by atoms with Crippen LogP contribution in [0, 0.1) is 11.3 Å². The lowest BCUT2D eigenvalue weighted by Gasteiger charge is -2.10. The number of fused-ring (bicyclic) bond motifs is 1. The summed E-state index contributed by atoms with van der Waals surface area (Å²) in [6.07, 6.45) is 1.79. The number of nitriles is 1. The first-order valence-electron chi connectivity index (χ1n) is 6.54. The first-order valence-corrected chi connectivity index (χ1v) is 6.92. The zero-order valence-electron chi connectivity index (χ0n) is 11.2. The number of hydrogen-bond donors (Lipinski definition) is 1. The van der Waals surface area contributed by atoms with Gasteiger partial charge in [0.25, 0.3) is 0 Å². The van der Waals surface area contributed by atoms with Crippen LogP contribution in [-0.2, 0) is 6.54 Å². The van der Waals surface area contributed by atoms with E-state index in [1.165, 1.54) is 0 Å². The fourth-order valence-corrected chi connectivity index (χ4v) is 2.43. The van der Waals surface area contributed by atoms with Crippen LogP contribution in [0.1, 0.15) is 11.1 Å². The molecule has 102 valence electrons. The normalized spacial score (nSPS) is 10.3. The van der Waals surface area contributed by atoms with Crippen molar-refractivity contribution in [1.82, 2.24) is 4.98 Å². The van der Waals surface area contributed by atoms with Gasteiger partial charge in [0.05, 0.1) is 16.8 Å². The van der Waals surface area contributed by atoms with Gasteiger partial charge in [-0.1, -0.05) is 29.8 Å². The molecule has 0 aliphatic heterocycles. The fourth-order valence-electron chi connectivity index (χ4n) is 2.26. The van der Waals surface area contributed by atoms with Gasteiger partial charge in [0.1, 0.15) is 6.07 Å². The molecule has 0 amide bonds. The molecule has 0 atom stereocenters. The van der Waals surface area contributed by atoms with Gasteiger partial charge in [-0.3, -0.25) is 4.98 Å². The molecule has 0 aliphatic rings. The van der Waals surface area contributed by atoms with Crippen LogP contribution in [0.4, 0.5) is 5.69 Å². The molecule has 3 aromatic rings. The molecule has 0 unspecified atom stereocenters. The molecule has 0 spiro atoms. The quantitative estimate of drug-likeness (QED) is 0.780. The summed E-state index contributed by atoms with van der Waals surface area (Å²) in [7, 11) is 0. The van der Waals surface area contributed by atoms with Crippen molar-refractivity contribution in [1.29, 1.82) is 5.26 Å². The monoisotopic (exact) mass is 293 g/mol. The Labute approximate surface area is 127 Å². The Morgan fingerprint density at radius 3 is 2.86 bits per heavy atom. The van der Waals surface area contributed by atoms with Gasteiger partial charge >= 0.3 is 0 Å². The summed E-state index contributed by atoms with van der Waals surface area (Å²) < 4.78 is 0. The van der Waals surface area contributed by atoms with E-state index in [9.17, 15) is 0 Å². The summed E-state index contributed by atoms with van der Waals surface area (Å²) in [6, 6.07) is 17.3. The van der Waals surface area contributed by atoms with E-state index in [0.717, 1.165) is 22.2 Å². The van der Waals surface area contributed by atoms with Crippen LogP contribution in [0.15, 0.2) is 54.7 Å². The lowest BCUT2D eigenvalue weighted by molar-refractivity contribution is 1.15. The van der Waals surface area contributed by atoms with Crippen molar-refractivity contribution in [3.63, 3.8) is 0 Å². The van der Waals surface area contributed by atoms with Crippen LogP contribution >= 0.6 is 11.6 Å². The summed E-state index contributed by atoms with van der Waals surface area (Å²) in [5.41, 5.74) is 3.41. The first-order chi connectivity index (χ1) is 10.3. The minimum atomic E-state index is 0.581. The molecule has 0 radical (unpaired) electrons. The third-order valence-electron chi connectivity index (χ3n) is 3.31. The summed E-state index contributed by atoms with van der Waals surface area (Å²) in [5.74, 6) is 0. The van der Waals surface area contributed by atoms with Crippen molar-refractivity contribution >= 4 is 28.2 Å². The highest BCUT2D eigenvalue weighted by Crippen LogP contribution is 2.22. The average molecular weight is 294 g/mol. The highest BCUT2D eigenvalue weighted by atomic mass is 35.5. The Balaban J connectivity index is 1.91. The van der Waals surface area contributed by atoms with E-state index >= 15 is 0 Å². The Kier molecular flexibility index (Phi) is 3.72. The molecule has 0 bridgehead atoms. The van der Waals surface area contributed by atoms with E-state index in [-0.39, 0.29) is 0 Å². The number of hydrogen-bond acceptors (Lipinski definition) is 3. The maximum absolute atomic E-state index is 9.14. The highest BCUT2D eigenvalue weighted by molar-refractivity contribution is 6.30. The molecule has 2 aromatic carbocycles. The second kappa shape index (κ2) is 5.82. The molecular formula is C17H12ClN3. The number of aromatic nitrogens is 1. The van der Waals surface area contributed by atoms with E-state index in [0.29, 0.717) is 17.1 Å². The topological polar surface area (TPSA) is 48.7 Å². The first kappa shape index (κ1) is 13.4. The zero-order valence-corrected chi connectivity index (χ0v) is 11.9. The van der Waals surface area contributed by atoms with Gasteiger partial charge < -0.3 is 5.32 Å². The Morgan fingerprint density at radius 1 is 1.14 bits per heavy atom. The van der Waals surface area contributed by atoms with Gasteiger partial charge in [-0.25, -0.2) is 0 Å². The van der Waals surface area contributed by atoms with Gasteiger partial charge in [-0.2, -0.15) is 5.26 Å². The molecule has 0 saturated carbocycles. The largest absolute Gasteiger partial charge is 0.380 e. The predicted molar refractivity (Wildman–Crippen MR) is 85.2 cm³/mol. The number of nitrogens with one attached hydrogen (secondary N) is 1. The maximum Gasteiger partial charge on any atom is 0.101 e. The third kappa shape index (κ3) is 2.81. The molecular weight excluding hydrogens is 282 g/mol. The van der Waals surface area contributed by atoms with E-state index < -0.39 is 0 Å². The van der Waals surface area contributed by atoms with Crippen LogP contribution in [0.25, 0.3) is 10.9 Å². The number of anilines is 1. The number of benzene rings is 2. The van der Waals surface area contributed by atoms with Crippen LogP contribution in [0.2, 0.25) is 5.02 Å². The van der Waals surface area contributed by atoms with Gasteiger partial charge in [0.15, 0.2) is 0 Å². The van der Waals surface area contributed by atoms with Crippen molar-refractivity contribution < 1.29 is 0 Å². The van der Waals surface area contributed by atoms with Crippen molar-refractivity contribution in [2.45, 2.75) is 6.54 Å². The number of nitrogens with zero attached hydrogens (tertiary/aromatic N) is 2. The Morgan fingerprint density at radius 2 is 2.00 bits per heavy atom. The number of halogens is 1. The van der Waals surface area contributed by atoms with Crippen molar-refractivity contribution in [2.24, 2.45) is 0 Å². The molecule has 1 aromatic heterocycles. The Bertz CT molecular complexity index is 832. The van der Waals surface area contributed by atoms with Crippen LogP contribution in [0.5, 0.6) is 0 Å². The minimum Gasteiger partial charge on any atom is -0.380 e.